The molecule has 1 fully saturated rings. The number of carbonyl (C=O) groups excluding carboxylic acids is 2. The number of carbonyl (C=O) groups is 2. The lowest BCUT2D eigenvalue weighted by Gasteiger charge is -2.39. The Balaban J connectivity index is 2.52. The van der Waals surface area contributed by atoms with E-state index in [1.54, 1.807) is 0 Å². The zero-order valence-electron chi connectivity index (χ0n) is 17.3. The fraction of sp³-hybridized carbons (Fsp3) is 0.905. The van der Waals surface area contributed by atoms with Gasteiger partial charge in [0, 0.05) is 12.8 Å². The van der Waals surface area contributed by atoms with Crippen LogP contribution in [0, 0.1) is 11.8 Å². The van der Waals surface area contributed by atoms with Crippen LogP contribution in [0.25, 0.3) is 0 Å². The van der Waals surface area contributed by atoms with E-state index in [4.69, 9.17) is 14.2 Å². The van der Waals surface area contributed by atoms with Crippen LogP contribution in [-0.4, -0.2) is 36.9 Å². The van der Waals surface area contributed by atoms with E-state index in [9.17, 15) is 9.59 Å². The highest BCUT2D eigenvalue weighted by Gasteiger charge is 2.34. The van der Waals surface area contributed by atoms with Gasteiger partial charge in [-0.1, -0.05) is 27.7 Å². The van der Waals surface area contributed by atoms with Crippen molar-refractivity contribution in [3.05, 3.63) is 0 Å². The molecule has 1 saturated carbocycles. The van der Waals surface area contributed by atoms with Gasteiger partial charge in [0.25, 0.3) is 0 Å². The second-order valence-corrected chi connectivity index (χ2v) is 8.14. The number of ether oxygens (including phenoxy) is 3. The zero-order chi connectivity index (χ0) is 19.6. The third-order valence-corrected chi connectivity index (χ3v) is 5.29. The fourth-order valence-corrected chi connectivity index (χ4v) is 3.38. The van der Waals surface area contributed by atoms with Crippen LogP contribution < -0.4 is 0 Å². The van der Waals surface area contributed by atoms with Crippen molar-refractivity contribution in [1.29, 1.82) is 0 Å². The molecule has 1 atom stereocenters. The molecule has 0 bridgehead atoms. The molecule has 1 unspecified atom stereocenters. The molecule has 0 heterocycles. The van der Waals surface area contributed by atoms with E-state index in [1.807, 2.05) is 13.8 Å². The minimum absolute atomic E-state index is 0.0684. The second-order valence-electron chi connectivity index (χ2n) is 8.14. The standard InChI is InChI=1S/C21H38O5/c1-6-8-19(22)24-14-18(26-20(23)9-7-2)15-25-21(5)12-10-17(11-13-21)16(3)4/h16-18H,6-15H2,1-5H3. The van der Waals surface area contributed by atoms with E-state index in [0.29, 0.717) is 18.8 Å². The predicted octanol–water partition coefficient (Wildman–Crippen LogP) is 4.66. The van der Waals surface area contributed by atoms with E-state index in [1.165, 1.54) is 12.8 Å². The zero-order valence-corrected chi connectivity index (χ0v) is 17.3. The minimum Gasteiger partial charge on any atom is -0.462 e. The highest BCUT2D eigenvalue weighted by molar-refractivity contribution is 5.70. The van der Waals surface area contributed by atoms with Crippen molar-refractivity contribution >= 4 is 11.9 Å². The maximum Gasteiger partial charge on any atom is 0.306 e. The van der Waals surface area contributed by atoms with Gasteiger partial charge in [-0.15, -0.1) is 0 Å². The van der Waals surface area contributed by atoms with Gasteiger partial charge in [-0.2, -0.15) is 0 Å². The molecule has 0 amide bonds. The van der Waals surface area contributed by atoms with Crippen LogP contribution in [0.3, 0.4) is 0 Å². The van der Waals surface area contributed by atoms with Crippen LogP contribution in [0.4, 0.5) is 0 Å². The van der Waals surface area contributed by atoms with Gasteiger partial charge in [-0.05, 0) is 57.3 Å². The summed E-state index contributed by atoms with van der Waals surface area (Å²) in [6, 6.07) is 0. The van der Waals surface area contributed by atoms with Crippen molar-refractivity contribution in [2.45, 2.75) is 97.7 Å². The third kappa shape index (κ3) is 8.52. The molecule has 5 nitrogen and oxygen atoms in total. The molecule has 0 aromatic carbocycles. The molecule has 0 spiro atoms. The van der Waals surface area contributed by atoms with Gasteiger partial charge in [0.15, 0.2) is 6.10 Å². The molecule has 152 valence electrons. The normalized spacial score (nSPS) is 24.3. The Kier molecular flexibility index (Phi) is 10.2. The number of hydrogen-bond donors (Lipinski definition) is 0. The van der Waals surface area contributed by atoms with Crippen LogP contribution in [0.2, 0.25) is 0 Å². The lowest BCUT2D eigenvalue weighted by atomic mass is 9.75. The van der Waals surface area contributed by atoms with E-state index >= 15 is 0 Å². The molecule has 1 rings (SSSR count). The molecule has 0 aromatic rings. The smallest absolute Gasteiger partial charge is 0.306 e. The van der Waals surface area contributed by atoms with Crippen LogP contribution in [0.15, 0.2) is 0 Å². The number of hydrogen-bond acceptors (Lipinski definition) is 5. The summed E-state index contributed by atoms with van der Waals surface area (Å²) in [4.78, 5) is 23.5. The Bertz CT molecular complexity index is 424. The third-order valence-electron chi connectivity index (χ3n) is 5.29. The van der Waals surface area contributed by atoms with Gasteiger partial charge in [0.2, 0.25) is 0 Å². The molecule has 0 N–H and O–H groups in total. The highest BCUT2D eigenvalue weighted by atomic mass is 16.6. The van der Waals surface area contributed by atoms with Gasteiger partial charge in [0.05, 0.1) is 12.2 Å². The van der Waals surface area contributed by atoms with Crippen molar-refractivity contribution < 1.29 is 23.8 Å². The summed E-state index contributed by atoms with van der Waals surface area (Å²) in [5.41, 5.74) is -0.186. The SMILES string of the molecule is CCCC(=O)OCC(COC1(C)CCC(C(C)C)CC1)OC(=O)CCC. The molecule has 5 heteroatoms. The van der Waals surface area contributed by atoms with Gasteiger partial charge >= 0.3 is 11.9 Å². The number of esters is 2. The molecule has 0 saturated heterocycles. The summed E-state index contributed by atoms with van der Waals surface area (Å²) in [5.74, 6) is 0.953. The lowest BCUT2D eigenvalue weighted by molar-refractivity contribution is -0.169. The maximum absolute atomic E-state index is 11.9. The van der Waals surface area contributed by atoms with Crippen molar-refractivity contribution in [2.75, 3.05) is 13.2 Å². The maximum atomic E-state index is 11.9. The highest BCUT2D eigenvalue weighted by Crippen LogP contribution is 2.37. The van der Waals surface area contributed by atoms with Crippen molar-refractivity contribution in [3.63, 3.8) is 0 Å². The van der Waals surface area contributed by atoms with Gasteiger partial charge in [-0.25, -0.2) is 0 Å². The summed E-state index contributed by atoms with van der Waals surface area (Å²) in [5, 5.41) is 0. The lowest BCUT2D eigenvalue weighted by Crippen LogP contribution is -2.39. The summed E-state index contributed by atoms with van der Waals surface area (Å²) in [7, 11) is 0. The predicted molar refractivity (Wildman–Crippen MR) is 102 cm³/mol. The summed E-state index contributed by atoms with van der Waals surface area (Å²) in [6.45, 7) is 10.9. The van der Waals surface area contributed by atoms with Crippen LogP contribution >= 0.6 is 0 Å². The summed E-state index contributed by atoms with van der Waals surface area (Å²) < 4.78 is 16.9. The van der Waals surface area contributed by atoms with E-state index < -0.39 is 6.10 Å². The molecular weight excluding hydrogens is 332 g/mol. The summed E-state index contributed by atoms with van der Waals surface area (Å²) in [6.07, 6.45) is 6.05. The van der Waals surface area contributed by atoms with Crippen LogP contribution in [0.5, 0.6) is 0 Å². The molecule has 1 aliphatic rings. The van der Waals surface area contributed by atoms with E-state index in [2.05, 4.69) is 20.8 Å². The monoisotopic (exact) mass is 370 g/mol. The average Bonchev–Trinajstić information content (AvgIpc) is 2.58. The first-order valence-corrected chi connectivity index (χ1v) is 10.3. The first-order valence-electron chi connectivity index (χ1n) is 10.3. The minimum atomic E-state index is -0.533. The molecule has 0 radical (unpaired) electrons. The quantitative estimate of drug-likeness (QED) is 0.495. The van der Waals surface area contributed by atoms with Crippen molar-refractivity contribution in [2.24, 2.45) is 11.8 Å². The van der Waals surface area contributed by atoms with Crippen molar-refractivity contribution in [3.8, 4) is 0 Å². The van der Waals surface area contributed by atoms with Crippen molar-refractivity contribution in [1.82, 2.24) is 0 Å². The Morgan fingerprint density at radius 1 is 1.00 bits per heavy atom. The van der Waals surface area contributed by atoms with E-state index in [0.717, 1.165) is 31.6 Å². The van der Waals surface area contributed by atoms with Crippen LogP contribution in [-0.2, 0) is 23.8 Å². The van der Waals surface area contributed by atoms with Crippen LogP contribution in [0.1, 0.15) is 86.0 Å². The molecule has 26 heavy (non-hydrogen) atoms. The molecule has 0 aliphatic heterocycles. The molecule has 0 aromatic heterocycles. The largest absolute Gasteiger partial charge is 0.462 e. The Hall–Kier alpha value is -1.10. The average molecular weight is 371 g/mol. The summed E-state index contributed by atoms with van der Waals surface area (Å²) >= 11 is 0. The van der Waals surface area contributed by atoms with E-state index in [-0.39, 0.29) is 30.8 Å². The van der Waals surface area contributed by atoms with Gasteiger partial charge in [0.1, 0.15) is 6.61 Å². The van der Waals surface area contributed by atoms with Gasteiger partial charge < -0.3 is 14.2 Å². The molecule has 1 aliphatic carbocycles. The topological polar surface area (TPSA) is 61.8 Å². The fourth-order valence-electron chi connectivity index (χ4n) is 3.38. The first kappa shape index (κ1) is 22.9. The Morgan fingerprint density at radius 3 is 2.12 bits per heavy atom. The number of rotatable bonds is 11. The Morgan fingerprint density at radius 2 is 1.58 bits per heavy atom. The second kappa shape index (κ2) is 11.6. The molecular formula is C21H38O5. The Labute approximate surface area is 159 Å². The first-order chi connectivity index (χ1) is 12.3. The van der Waals surface area contributed by atoms with Gasteiger partial charge in [-0.3, -0.25) is 9.59 Å².